The molecule has 3 heteroatoms. The number of amides is 1. The SMILES string of the molecule is CCCCCCCCCCCC(=O)N/N=C1\CCCC(C)C1. The number of nitrogens with zero attached hydrogens (tertiary/aromatic N) is 1. The average molecular weight is 309 g/mol. The van der Waals surface area contributed by atoms with Crippen molar-refractivity contribution in [3.8, 4) is 0 Å². The van der Waals surface area contributed by atoms with Crippen LogP contribution in [0.2, 0.25) is 0 Å². The Morgan fingerprint density at radius 2 is 1.73 bits per heavy atom. The lowest BCUT2D eigenvalue weighted by Gasteiger charge is -2.18. The van der Waals surface area contributed by atoms with Gasteiger partial charge in [-0.1, -0.05) is 65.2 Å². The molecule has 0 bridgehead atoms. The minimum absolute atomic E-state index is 0.0914. The number of hydrogen-bond donors (Lipinski definition) is 1. The lowest BCUT2D eigenvalue weighted by molar-refractivity contribution is -0.121. The van der Waals surface area contributed by atoms with Crippen molar-refractivity contribution in [3.05, 3.63) is 0 Å². The molecule has 128 valence electrons. The predicted molar refractivity (Wildman–Crippen MR) is 95.1 cm³/mol. The van der Waals surface area contributed by atoms with Crippen molar-refractivity contribution in [1.29, 1.82) is 0 Å². The van der Waals surface area contributed by atoms with Crippen LogP contribution in [0.25, 0.3) is 0 Å². The normalized spacial score (nSPS) is 20.3. The first-order chi connectivity index (χ1) is 10.7. The first-order valence-corrected chi connectivity index (χ1v) is 9.56. The molecular weight excluding hydrogens is 272 g/mol. The summed E-state index contributed by atoms with van der Waals surface area (Å²) >= 11 is 0. The molecule has 22 heavy (non-hydrogen) atoms. The Hall–Kier alpha value is -0.860. The molecule has 0 heterocycles. The largest absolute Gasteiger partial charge is 0.273 e. The minimum atomic E-state index is 0.0914. The Balaban J connectivity index is 1.94. The van der Waals surface area contributed by atoms with Gasteiger partial charge in [-0.2, -0.15) is 5.10 Å². The van der Waals surface area contributed by atoms with Crippen LogP contribution in [0.4, 0.5) is 0 Å². The van der Waals surface area contributed by atoms with Gasteiger partial charge in [0.05, 0.1) is 0 Å². The maximum Gasteiger partial charge on any atom is 0.240 e. The fourth-order valence-corrected chi connectivity index (χ4v) is 3.16. The second-order valence-electron chi connectivity index (χ2n) is 6.99. The Morgan fingerprint density at radius 1 is 1.09 bits per heavy atom. The van der Waals surface area contributed by atoms with Gasteiger partial charge in [-0.15, -0.1) is 0 Å². The molecule has 1 aliphatic rings. The van der Waals surface area contributed by atoms with E-state index in [4.69, 9.17) is 0 Å². The zero-order chi connectivity index (χ0) is 16.0. The van der Waals surface area contributed by atoms with Crippen molar-refractivity contribution < 1.29 is 4.79 Å². The molecule has 1 saturated carbocycles. The molecule has 0 aliphatic heterocycles. The number of unbranched alkanes of at least 4 members (excludes halogenated alkanes) is 8. The van der Waals surface area contributed by atoms with Crippen molar-refractivity contribution >= 4 is 11.6 Å². The van der Waals surface area contributed by atoms with Crippen LogP contribution < -0.4 is 5.43 Å². The van der Waals surface area contributed by atoms with Crippen LogP contribution in [0.1, 0.15) is 104 Å². The predicted octanol–water partition coefficient (Wildman–Crippen LogP) is 5.59. The van der Waals surface area contributed by atoms with E-state index in [1.54, 1.807) is 0 Å². The van der Waals surface area contributed by atoms with Crippen LogP contribution in [0.5, 0.6) is 0 Å². The molecule has 0 aromatic carbocycles. The van der Waals surface area contributed by atoms with Crippen molar-refractivity contribution in [2.45, 2.75) is 104 Å². The Labute approximate surface area is 137 Å². The van der Waals surface area contributed by atoms with Gasteiger partial charge in [0.1, 0.15) is 0 Å². The van der Waals surface area contributed by atoms with E-state index in [2.05, 4.69) is 24.4 Å². The number of carbonyl (C=O) groups excluding carboxylic acids is 1. The highest BCUT2D eigenvalue weighted by Gasteiger charge is 2.14. The van der Waals surface area contributed by atoms with Crippen molar-refractivity contribution in [2.24, 2.45) is 11.0 Å². The quantitative estimate of drug-likeness (QED) is 0.392. The minimum Gasteiger partial charge on any atom is -0.273 e. The van der Waals surface area contributed by atoms with Gasteiger partial charge in [0.15, 0.2) is 0 Å². The van der Waals surface area contributed by atoms with Gasteiger partial charge in [-0.05, 0) is 38.0 Å². The second-order valence-corrected chi connectivity index (χ2v) is 6.99. The third-order valence-corrected chi connectivity index (χ3v) is 4.59. The number of nitrogens with one attached hydrogen (secondary N) is 1. The van der Waals surface area contributed by atoms with Crippen LogP contribution in [0.15, 0.2) is 5.10 Å². The summed E-state index contributed by atoms with van der Waals surface area (Å²) in [7, 11) is 0. The number of hydrogen-bond acceptors (Lipinski definition) is 2. The summed E-state index contributed by atoms with van der Waals surface area (Å²) in [6, 6.07) is 0. The maximum absolute atomic E-state index is 11.8. The third kappa shape index (κ3) is 9.97. The summed E-state index contributed by atoms with van der Waals surface area (Å²) in [4.78, 5) is 11.8. The van der Waals surface area contributed by atoms with Gasteiger partial charge in [-0.25, -0.2) is 5.43 Å². The van der Waals surface area contributed by atoms with Gasteiger partial charge in [0.25, 0.3) is 0 Å². The van der Waals surface area contributed by atoms with E-state index in [1.165, 1.54) is 69.9 Å². The average Bonchev–Trinajstić information content (AvgIpc) is 2.51. The molecular formula is C19H36N2O. The summed E-state index contributed by atoms with van der Waals surface area (Å²) in [6.07, 6.45) is 16.8. The van der Waals surface area contributed by atoms with E-state index in [-0.39, 0.29) is 5.91 Å². The molecule has 1 fully saturated rings. The highest BCUT2D eigenvalue weighted by atomic mass is 16.2. The molecule has 1 atom stereocenters. The van der Waals surface area contributed by atoms with E-state index in [9.17, 15) is 4.79 Å². The summed E-state index contributed by atoms with van der Waals surface area (Å²) in [5.74, 6) is 0.815. The molecule has 1 unspecified atom stereocenters. The highest BCUT2D eigenvalue weighted by molar-refractivity contribution is 5.87. The highest BCUT2D eigenvalue weighted by Crippen LogP contribution is 2.20. The number of carbonyl (C=O) groups is 1. The van der Waals surface area contributed by atoms with E-state index in [1.807, 2.05) is 0 Å². The Bertz CT molecular complexity index is 325. The zero-order valence-electron chi connectivity index (χ0n) is 14.8. The molecule has 3 nitrogen and oxygen atoms in total. The summed E-state index contributed by atoms with van der Waals surface area (Å²) in [5, 5.41) is 4.31. The van der Waals surface area contributed by atoms with Crippen molar-refractivity contribution in [2.75, 3.05) is 0 Å². The molecule has 0 aromatic heterocycles. The lowest BCUT2D eigenvalue weighted by atomic mass is 9.89. The van der Waals surface area contributed by atoms with Crippen LogP contribution >= 0.6 is 0 Å². The summed E-state index contributed by atoms with van der Waals surface area (Å²) in [5.41, 5.74) is 3.93. The standard InChI is InChI=1S/C19H36N2O/c1-3-4-5-6-7-8-9-10-11-15-19(22)21-20-18-14-12-13-17(2)16-18/h17H,3-16H2,1-2H3,(H,21,22)/b20-18+. The lowest BCUT2D eigenvalue weighted by Crippen LogP contribution is -2.21. The van der Waals surface area contributed by atoms with Crippen molar-refractivity contribution in [1.82, 2.24) is 5.43 Å². The van der Waals surface area contributed by atoms with Gasteiger partial charge in [-0.3, -0.25) is 4.79 Å². The summed E-state index contributed by atoms with van der Waals surface area (Å²) < 4.78 is 0. The molecule has 1 rings (SSSR count). The molecule has 1 amide bonds. The van der Waals surface area contributed by atoms with E-state index in [0.29, 0.717) is 6.42 Å². The van der Waals surface area contributed by atoms with Crippen LogP contribution in [0, 0.1) is 5.92 Å². The van der Waals surface area contributed by atoms with E-state index >= 15 is 0 Å². The van der Waals surface area contributed by atoms with Gasteiger partial charge in [0.2, 0.25) is 5.91 Å². The monoisotopic (exact) mass is 308 g/mol. The second kappa shape index (κ2) is 12.7. The number of hydrazone groups is 1. The molecule has 1 N–H and O–H groups in total. The molecule has 0 aromatic rings. The van der Waals surface area contributed by atoms with Crippen LogP contribution in [-0.4, -0.2) is 11.6 Å². The van der Waals surface area contributed by atoms with E-state index < -0.39 is 0 Å². The van der Waals surface area contributed by atoms with Crippen LogP contribution in [0.3, 0.4) is 0 Å². The van der Waals surface area contributed by atoms with E-state index in [0.717, 1.165) is 25.2 Å². The van der Waals surface area contributed by atoms with Gasteiger partial charge >= 0.3 is 0 Å². The molecule has 0 saturated heterocycles. The Kier molecular flexibility index (Phi) is 11.0. The Morgan fingerprint density at radius 3 is 2.36 bits per heavy atom. The fourth-order valence-electron chi connectivity index (χ4n) is 3.16. The van der Waals surface area contributed by atoms with Crippen molar-refractivity contribution in [3.63, 3.8) is 0 Å². The molecule has 0 spiro atoms. The first-order valence-electron chi connectivity index (χ1n) is 9.56. The topological polar surface area (TPSA) is 41.5 Å². The van der Waals surface area contributed by atoms with Crippen LogP contribution in [-0.2, 0) is 4.79 Å². The maximum atomic E-state index is 11.8. The number of rotatable bonds is 11. The smallest absolute Gasteiger partial charge is 0.240 e. The zero-order valence-corrected chi connectivity index (χ0v) is 14.8. The fraction of sp³-hybridized carbons (Fsp3) is 0.895. The summed E-state index contributed by atoms with van der Waals surface area (Å²) in [6.45, 7) is 4.52. The molecule has 0 radical (unpaired) electrons. The third-order valence-electron chi connectivity index (χ3n) is 4.59. The van der Waals surface area contributed by atoms with Gasteiger partial charge < -0.3 is 0 Å². The molecule has 1 aliphatic carbocycles. The first kappa shape index (κ1) is 19.2. The van der Waals surface area contributed by atoms with Gasteiger partial charge in [0, 0.05) is 12.1 Å².